The van der Waals surface area contributed by atoms with Crippen LogP contribution in [0.5, 0.6) is 0 Å². The molecule has 1 aliphatic heterocycles. The van der Waals surface area contributed by atoms with Gasteiger partial charge in [-0.2, -0.15) is 8.42 Å². The molecule has 0 amide bonds. The van der Waals surface area contributed by atoms with E-state index in [1.807, 2.05) is 7.05 Å². The van der Waals surface area contributed by atoms with Crippen LogP contribution in [0.3, 0.4) is 0 Å². The first-order chi connectivity index (χ1) is 8.80. The van der Waals surface area contributed by atoms with Gasteiger partial charge in [-0.1, -0.05) is 18.2 Å². The maximum Gasteiger partial charge on any atom is 0.294 e. The second-order valence-corrected chi connectivity index (χ2v) is 5.97. The van der Waals surface area contributed by atoms with E-state index in [9.17, 15) is 13.2 Å². The average Bonchev–Trinajstić information content (AvgIpc) is 2.33. The summed E-state index contributed by atoms with van der Waals surface area (Å²) in [5, 5.41) is 0. The number of carbonyl (C=O) groups is 1. The van der Waals surface area contributed by atoms with Crippen LogP contribution in [0.15, 0.2) is 29.2 Å². The normalized spacial score (nSPS) is 16.7. The third-order valence-corrected chi connectivity index (χ3v) is 3.93. The highest BCUT2D eigenvalue weighted by molar-refractivity contribution is 7.85. The van der Waals surface area contributed by atoms with Gasteiger partial charge in [-0.05, 0) is 25.6 Å². The summed E-state index contributed by atoms with van der Waals surface area (Å²) < 4.78 is 29.9. The molecule has 106 valence electrons. The molecule has 1 saturated heterocycles. The lowest BCUT2D eigenvalue weighted by molar-refractivity contribution is -0.121. The van der Waals surface area contributed by atoms with E-state index in [0.29, 0.717) is 11.3 Å². The molecule has 0 spiro atoms. The summed E-state index contributed by atoms with van der Waals surface area (Å²) in [6, 6.07) is 6.27. The molecular formula is C13H19NO4S. The number of nitrogens with zero attached hydrogens (tertiary/aromatic N) is 1. The molecule has 6 heteroatoms. The van der Waals surface area contributed by atoms with E-state index in [2.05, 4.69) is 4.90 Å². The van der Waals surface area contributed by atoms with Crippen LogP contribution in [0, 0.1) is 6.92 Å². The third-order valence-electron chi connectivity index (χ3n) is 2.92. The quantitative estimate of drug-likeness (QED) is 0.792. The fourth-order valence-electron chi connectivity index (χ4n) is 1.71. The standard InChI is InChI=1S/C7H8O3S.C6H11NO/c1-6-4-2-3-5-7(6)11(8,9)10;1-7-4-2-6(8)3-5-7/h2-5H,1H3,(H,8,9,10);2-5H2,1H3. The largest absolute Gasteiger partial charge is 0.305 e. The summed E-state index contributed by atoms with van der Waals surface area (Å²) in [6.07, 6.45) is 1.52. The molecular weight excluding hydrogens is 266 g/mol. The highest BCUT2D eigenvalue weighted by Gasteiger charge is 2.11. The molecule has 0 unspecified atom stereocenters. The Balaban J connectivity index is 0.000000200. The Bertz CT molecular complexity index is 529. The highest BCUT2D eigenvalue weighted by atomic mass is 32.2. The van der Waals surface area contributed by atoms with Crippen molar-refractivity contribution in [2.24, 2.45) is 0 Å². The van der Waals surface area contributed by atoms with Crippen molar-refractivity contribution in [3.05, 3.63) is 29.8 Å². The highest BCUT2D eigenvalue weighted by Crippen LogP contribution is 2.12. The van der Waals surface area contributed by atoms with Crippen molar-refractivity contribution in [1.29, 1.82) is 0 Å². The predicted octanol–water partition coefficient (Wildman–Crippen LogP) is 1.52. The first kappa shape index (κ1) is 15.8. The molecule has 0 bridgehead atoms. The van der Waals surface area contributed by atoms with Crippen molar-refractivity contribution in [3.8, 4) is 0 Å². The number of likely N-dealkylation sites (tertiary alicyclic amines) is 1. The first-order valence-electron chi connectivity index (χ1n) is 6.04. The number of ketones is 1. The fourth-order valence-corrected chi connectivity index (χ4v) is 2.44. The van der Waals surface area contributed by atoms with E-state index in [0.717, 1.165) is 25.9 Å². The van der Waals surface area contributed by atoms with Gasteiger partial charge in [0.2, 0.25) is 0 Å². The zero-order valence-corrected chi connectivity index (χ0v) is 12.0. The second kappa shape index (κ2) is 6.79. The Morgan fingerprint density at radius 3 is 2.05 bits per heavy atom. The Labute approximate surface area is 114 Å². The number of hydrogen-bond acceptors (Lipinski definition) is 4. The van der Waals surface area contributed by atoms with E-state index in [4.69, 9.17) is 4.55 Å². The van der Waals surface area contributed by atoms with Crippen molar-refractivity contribution in [1.82, 2.24) is 4.90 Å². The van der Waals surface area contributed by atoms with Crippen molar-refractivity contribution < 1.29 is 17.8 Å². The third kappa shape index (κ3) is 5.50. The Kier molecular flexibility index (Phi) is 5.65. The van der Waals surface area contributed by atoms with Gasteiger partial charge in [-0.3, -0.25) is 9.35 Å². The molecule has 0 aliphatic carbocycles. The maximum absolute atomic E-state index is 10.6. The second-order valence-electron chi connectivity index (χ2n) is 4.58. The zero-order chi connectivity index (χ0) is 14.5. The maximum atomic E-state index is 10.6. The summed E-state index contributed by atoms with van der Waals surface area (Å²) in [6.45, 7) is 3.54. The van der Waals surface area contributed by atoms with E-state index in [1.165, 1.54) is 6.07 Å². The summed E-state index contributed by atoms with van der Waals surface area (Å²) in [5.74, 6) is 0.420. The molecule has 0 atom stereocenters. The Hall–Kier alpha value is -1.24. The molecule has 0 radical (unpaired) electrons. The first-order valence-corrected chi connectivity index (χ1v) is 7.48. The van der Waals surface area contributed by atoms with Crippen LogP contribution >= 0.6 is 0 Å². The van der Waals surface area contributed by atoms with E-state index in [-0.39, 0.29) is 4.90 Å². The molecule has 0 aromatic heterocycles. The lowest BCUT2D eigenvalue weighted by atomic mass is 10.1. The SMILES string of the molecule is CN1CCC(=O)CC1.Cc1ccccc1S(=O)(=O)O. The van der Waals surface area contributed by atoms with Crippen LogP contribution in [-0.2, 0) is 14.9 Å². The minimum absolute atomic E-state index is 0.0278. The number of rotatable bonds is 1. The van der Waals surface area contributed by atoms with Crippen LogP contribution in [0.2, 0.25) is 0 Å². The van der Waals surface area contributed by atoms with Crippen LogP contribution in [0.1, 0.15) is 18.4 Å². The molecule has 1 aliphatic rings. The van der Waals surface area contributed by atoms with Crippen molar-refractivity contribution in [3.63, 3.8) is 0 Å². The molecule has 5 nitrogen and oxygen atoms in total. The van der Waals surface area contributed by atoms with Crippen LogP contribution < -0.4 is 0 Å². The van der Waals surface area contributed by atoms with Gasteiger partial charge in [-0.15, -0.1) is 0 Å². The van der Waals surface area contributed by atoms with Gasteiger partial charge in [0.15, 0.2) is 0 Å². The van der Waals surface area contributed by atoms with Crippen molar-refractivity contribution >= 4 is 15.9 Å². The Morgan fingerprint density at radius 2 is 1.68 bits per heavy atom. The smallest absolute Gasteiger partial charge is 0.294 e. The minimum Gasteiger partial charge on any atom is -0.305 e. The monoisotopic (exact) mass is 285 g/mol. The average molecular weight is 285 g/mol. The Morgan fingerprint density at radius 1 is 1.16 bits per heavy atom. The number of carbonyl (C=O) groups excluding carboxylic acids is 1. The van der Waals surface area contributed by atoms with Gasteiger partial charge in [0.25, 0.3) is 10.1 Å². The lowest BCUT2D eigenvalue weighted by Gasteiger charge is -2.19. The summed E-state index contributed by atoms with van der Waals surface area (Å²) in [4.78, 5) is 12.7. The topological polar surface area (TPSA) is 74.7 Å². The molecule has 1 aromatic carbocycles. The number of Topliss-reactive ketones (excluding diaryl/α,β-unsaturated/α-hetero) is 1. The number of hydrogen-bond donors (Lipinski definition) is 1. The van der Waals surface area contributed by atoms with Crippen molar-refractivity contribution in [2.75, 3.05) is 20.1 Å². The molecule has 1 aromatic rings. The fraction of sp³-hybridized carbons (Fsp3) is 0.462. The molecule has 1 fully saturated rings. The summed E-state index contributed by atoms with van der Waals surface area (Å²) in [5.41, 5.74) is 0.551. The zero-order valence-electron chi connectivity index (χ0n) is 11.2. The lowest BCUT2D eigenvalue weighted by Crippen LogP contribution is -2.29. The molecule has 1 N–H and O–H groups in total. The van der Waals surface area contributed by atoms with Gasteiger partial charge < -0.3 is 4.90 Å². The molecule has 0 saturated carbocycles. The van der Waals surface area contributed by atoms with Gasteiger partial charge in [0, 0.05) is 25.9 Å². The molecule has 19 heavy (non-hydrogen) atoms. The van der Waals surface area contributed by atoms with Crippen molar-refractivity contribution in [2.45, 2.75) is 24.7 Å². The van der Waals surface area contributed by atoms with Gasteiger partial charge in [0.05, 0.1) is 4.90 Å². The van der Waals surface area contributed by atoms with E-state index in [1.54, 1.807) is 25.1 Å². The van der Waals surface area contributed by atoms with Gasteiger partial charge in [0.1, 0.15) is 5.78 Å². The summed E-state index contributed by atoms with van der Waals surface area (Å²) >= 11 is 0. The number of piperidine rings is 1. The van der Waals surface area contributed by atoms with Crippen LogP contribution in [0.4, 0.5) is 0 Å². The van der Waals surface area contributed by atoms with Gasteiger partial charge in [-0.25, -0.2) is 0 Å². The van der Waals surface area contributed by atoms with Gasteiger partial charge >= 0.3 is 0 Å². The summed E-state index contributed by atoms with van der Waals surface area (Å²) in [7, 11) is -1.99. The molecule has 1 heterocycles. The number of benzene rings is 1. The minimum atomic E-state index is -4.03. The van der Waals surface area contributed by atoms with Crippen LogP contribution in [0.25, 0.3) is 0 Å². The predicted molar refractivity (Wildman–Crippen MR) is 72.7 cm³/mol. The molecule has 2 rings (SSSR count). The van der Waals surface area contributed by atoms with E-state index >= 15 is 0 Å². The van der Waals surface area contributed by atoms with Crippen LogP contribution in [-0.4, -0.2) is 43.8 Å². The van der Waals surface area contributed by atoms with E-state index < -0.39 is 10.1 Å². The number of aryl methyl sites for hydroxylation is 1.